The zero-order valence-corrected chi connectivity index (χ0v) is 26.8. The predicted molar refractivity (Wildman–Crippen MR) is 160 cm³/mol. The van der Waals surface area contributed by atoms with Gasteiger partial charge in [-0.2, -0.15) is 0 Å². The van der Waals surface area contributed by atoms with E-state index in [4.69, 9.17) is 18.9 Å². The van der Waals surface area contributed by atoms with Gasteiger partial charge in [-0.25, -0.2) is 17.9 Å². The molecule has 1 amide bonds. The summed E-state index contributed by atoms with van der Waals surface area (Å²) in [4.78, 5) is 26.3. The first-order valence-electron chi connectivity index (χ1n) is 13.1. The highest BCUT2D eigenvalue weighted by Gasteiger charge is 2.35. The standard InChI is InChI=1S/C29H42N2O8S2/c1-10-38-26(32)25(40-18-20-14-15-21(36-8)17-23(20)37-9)24(30-27(33)39-29(5,6)7)19-12-11-13-22(16-19)41(34,35)31-28(2,3)4/h11-17,24-25,31H,10,18H2,1-9H3,(H,30,33)/t24-,25?/m1/s1. The third-order valence-corrected chi connectivity index (χ3v) is 8.43. The Labute approximate surface area is 247 Å². The highest BCUT2D eigenvalue weighted by molar-refractivity contribution is 7.99. The van der Waals surface area contributed by atoms with Crippen molar-refractivity contribution in [1.82, 2.24) is 10.0 Å². The topological polar surface area (TPSA) is 129 Å². The molecule has 0 radical (unpaired) electrons. The average molecular weight is 611 g/mol. The lowest BCUT2D eigenvalue weighted by molar-refractivity contribution is -0.143. The number of esters is 1. The molecule has 2 aromatic rings. The molecule has 0 spiro atoms. The van der Waals surface area contributed by atoms with Crippen LogP contribution in [0.15, 0.2) is 47.4 Å². The average Bonchev–Trinajstić information content (AvgIpc) is 2.86. The first kappa shape index (κ1) is 34.2. The zero-order valence-electron chi connectivity index (χ0n) is 25.2. The summed E-state index contributed by atoms with van der Waals surface area (Å²) in [5.41, 5.74) is -0.349. The number of hydrogen-bond donors (Lipinski definition) is 2. The summed E-state index contributed by atoms with van der Waals surface area (Å²) < 4.78 is 50.6. The number of carbonyl (C=O) groups is 2. The van der Waals surface area contributed by atoms with E-state index in [1.807, 2.05) is 6.07 Å². The number of thioether (sulfide) groups is 1. The molecule has 0 aliphatic carbocycles. The van der Waals surface area contributed by atoms with Gasteiger partial charge in [-0.3, -0.25) is 4.79 Å². The van der Waals surface area contributed by atoms with Crippen LogP contribution in [0, 0.1) is 0 Å². The van der Waals surface area contributed by atoms with Crippen molar-refractivity contribution in [3.63, 3.8) is 0 Å². The first-order valence-corrected chi connectivity index (χ1v) is 15.7. The maximum absolute atomic E-state index is 13.4. The van der Waals surface area contributed by atoms with Gasteiger partial charge in [-0.15, -0.1) is 11.8 Å². The number of sulfonamides is 1. The Morgan fingerprint density at radius 3 is 2.22 bits per heavy atom. The number of alkyl carbamates (subject to hydrolysis) is 1. The lowest BCUT2D eigenvalue weighted by Crippen LogP contribution is -2.42. The Hall–Kier alpha value is -2.96. The normalized spacial score (nSPS) is 13.6. The van der Waals surface area contributed by atoms with Gasteiger partial charge in [0.15, 0.2) is 0 Å². The van der Waals surface area contributed by atoms with E-state index in [2.05, 4.69) is 10.0 Å². The van der Waals surface area contributed by atoms with Crippen LogP contribution in [0.5, 0.6) is 11.5 Å². The minimum atomic E-state index is -3.90. The van der Waals surface area contributed by atoms with Crippen molar-refractivity contribution in [1.29, 1.82) is 0 Å². The van der Waals surface area contributed by atoms with Crippen LogP contribution in [-0.4, -0.2) is 57.7 Å². The maximum atomic E-state index is 13.4. The smallest absolute Gasteiger partial charge is 0.408 e. The molecule has 0 aliphatic heterocycles. The van der Waals surface area contributed by atoms with Gasteiger partial charge in [0.25, 0.3) is 0 Å². The van der Waals surface area contributed by atoms with Crippen molar-refractivity contribution >= 4 is 33.8 Å². The number of nitrogens with one attached hydrogen (secondary N) is 2. The second-order valence-electron chi connectivity index (χ2n) is 11.2. The number of benzene rings is 2. The van der Waals surface area contributed by atoms with Crippen molar-refractivity contribution in [2.45, 2.75) is 81.5 Å². The Morgan fingerprint density at radius 1 is 0.976 bits per heavy atom. The molecule has 12 heteroatoms. The summed E-state index contributed by atoms with van der Waals surface area (Å²) in [5.74, 6) is 0.917. The van der Waals surface area contributed by atoms with Gasteiger partial charge in [0.05, 0.1) is 31.8 Å². The highest BCUT2D eigenvalue weighted by Crippen LogP contribution is 2.35. The zero-order chi connectivity index (χ0) is 31.0. The molecule has 0 bridgehead atoms. The fourth-order valence-corrected chi connectivity index (χ4v) is 6.47. The molecule has 228 valence electrons. The van der Waals surface area contributed by atoms with Crippen LogP contribution in [-0.2, 0) is 30.0 Å². The number of amides is 1. The summed E-state index contributed by atoms with van der Waals surface area (Å²) in [6, 6.07) is 10.5. The minimum Gasteiger partial charge on any atom is -0.497 e. The molecule has 1 unspecified atom stereocenters. The van der Waals surface area contributed by atoms with Gasteiger partial charge < -0.3 is 24.3 Å². The monoisotopic (exact) mass is 610 g/mol. The molecule has 2 atom stereocenters. The molecule has 0 saturated carbocycles. The van der Waals surface area contributed by atoms with E-state index in [1.54, 1.807) is 79.8 Å². The summed E-state index contributed by atoms with van der Waals surface area (Å²) in [5, 5.41) is 1.82. The third-order valence-electron chi connectivity index (χ3n) is 5.37. The molecule has 41 heavy (non-hydrogen) atoms. The van der Waals surface area contributed by atoms with Gasteiger partial charge in [0, 0.05) is 22.9 Å². The van der Waals surface area contributed by atoms with Crippen LogP contribution in [0.25, 0.3) is 0 Å². The van der Waals surface area contributed by atoms with E-state index in [9.17, 15) is 18.0 Å². The molecule has 0 saturated heterocycles. The number of carbonyl (C=O) groups excluding carboxylic acids is 2. The van der Waals surface area contributed by atoms with Crippen LogP contribution < -0.4 is 19.5 Å². The van der Waals surface area contributed by atoms with E-state index in [1.165, 1.54) is 31.0 Å². The van der Waals surface area contributed by atoms with Gasteiger partial charge >= 0.3 is 12.1 Å². The molecular formula is C29H42N2O8S2. The minimum absolute atomic E-state index is 0.00894. The fourth-order valence-electron chi connectivity index (χ4n) is 3.78. The van der Waals surface area contributed by atoms with Crippen molar-refractivity contribution < 1.29 is 37.0 Å². The quantitative estimate of drug-likeness (QED) is 0.311. The second kappa shape index (κ2) is 14.3. The lowest BCUT2D eigenvalue weighted by atomic mass is 10.0. The molecule has 0 fully saturated rings. The summed E-state index contributed by atoms with van der Waals surface area (Å²) >= 11 is 1.22. The Kier molecular flexibility index (Phi) is 11.9. The Morgan fingerprint density at radius 2 is 1.66 bits per heavy atom. The predicted octanol–water partition coefficient (Wildman–Crippen LogP) is 5.21. The van der Waals surface area contributed by atoms with Gasteiger partial charge in [-0.1, -0.05) is 18.2 Å². The summed E-state index contributed by atoms with van der Waals surface area (Å²) in [7, 11) is -0.812. The van der Waals surface area contributed by atoms with E-state index in [0.29, 0.717) is 22.8 Å². The third kappa shape index (κ3) is 10.8. The van der Waals surface area contributed by atoms with Crippen molar-refractivity contribution in [3.8, 4) is 11.5 Å². The van der Waals surface area contributed by atoms with Crippen LogP contribution in [0.2, 0.25) is 0 Å². The van der Waals surface area contributed by atoms with Crippen LogP contribution in [0.4, 0.5) is 4.79 Å². The maximum Gasteiger partial charge on any atom is 0.408 e. The van der Waals surface area contributed by atoms with Crippen LogP contribution in [0.3, 0.4) is 0 Å². The van der Waals surface area contributed by atoms with Gasteiger partial charge in [0.1, 0.15) is 22.4 Å². The lowest BCUT2D eigenvalue weighted by Gasteiger charge is -2.29. The molecule has 2 aromatic carbocycles. The highest BCUT2D eigenvalue weighted by atomic mass is 32.2. The second-order valence-corrected chi connectivity index (χ2v) is 14.0. The summed E-state index contributed by atoms with van der Waals surface area (Å²) in [6.45, 7) is 12.2. The molecule has 10 nitrogen and oxygen atoms in total. The number of ether oxygens (including phenoxy) is 4. The molecular weight excluding hydrogens is 568 g/mol. The fraction of sp³-hybridized carbons (Fsp3) is 0.517. The summed E-state index contributed by atoms with van der Waals surface area (Å²) in [6.07, 6.45) is -0.763. The Balaban J connectivity index is 2.58. The van der Waals surface area contributed by atoms with Crippen molar-refractivity contribution in [2.24, 2.45) is 0 Å². The van der Waals surface area contributed by atoms with Crippen LogP contribution in [0.1, 0.15) is 65.6 Å². The number of methoxy groups -OCH3 is 2. The molecule has 0 heterocycles. The largest absolute Gasteiger partial charge is 0.497 e. The molecule has 0 aliphatic rings. The molecule has 2 rings (SSSR count). The Bertz CT molecular complexity index is 1300. The first-order chi connectivity index (χ1) is 19.0. The van der Waals surface area contributed by atoms with E-state index in [-0.39, 0.29) is 11.5 Å². The van der Waals surface area contributed by atoms with Gasteiger partial charge in [-0.05, 0) is 72.2 Å². The van der Waals surface area contributed by atoms with E-state index in [0.717, 1.165) is 5.56 Å². The van der Waals surface area contributed by atoms with E-state index >= 15 is 0 Å². The van der Waals surface area contributed by atoms with E-state index < -0.39 is 44.5 Å². The number of hydrogen-bond acceptors (Lipinski definition) is 9. The van der Waals surface area contributed by atoms with Gasteiger partial charge in [0.2, 0.25) is 10.0 Å². The number of rotatable bonds is 12. The van der Waals surface area contributed by atoms with Crippen molar-refractivity contribution in [2.75, 3.05) is 20.8 Å². The van der Waals surface area contributed by atoms with Crippen LogP contribution >= 0.6 is 11.8 Å². The molecule has 2 N–H and O–H groups in total. The molecule has 0 aromatic heterocycles. The SMILES string of the molecule is CCOC(=O)C(SCc1ccc(OC)cc1OC)[C@H](NC(=O)OC(C)(C)C)c1cccc(S(=O)(=O)NC(C)(C)C)c1. The van der Waals surface area contributed by atoms with Crippen molar-refractivity contribution in [3.05, 3.63) is 53.6 Å².